The van der Waals surface area contributed by atoms with Gasteiger partial charge in [-0.3, -0.25) is 4.21 Å². The number of hydrogen-bond acceptors (Lipinski definition) is 4. The normalized spacial score (nSPS) is 14.9. The van der Waals surface area contributed by atoms with Gasteiger partial charge < -0.3 is 14.8 Å². The minimum absolute atomic E-state index is 0.307. The number of rotatable bonds is 6. The zero-order chi connectivity index (χ0) is 12.1. The Morgan fingerprint density at radius 2 is 2.29 bits per heavy atom. The van der Waals surface area contributed by atoms with Gasteiger partial charge in [0.2, 0.25) is 6.79 Å². The molecule has 0 saturated carbocycles. The van der Waals surface area contributed by atoms with Gasteiger partial charge in [-0.05, 0) is 19.0 Å². The molecule has 1 aliphatic heterocycles. The monoisotopic (exact) mass is 255 g/mol. The molecule has 0 aliphatic carbocycles. The summed E-state index contributed by atoms with van der Waals surface area (Å²) < 4.78 is 21.6. The second-order valence-electron chi connectivity index (χ2n) is 3.96. The first kappa shape index (κ1) is 12.4. The highest BCUT2D eigenvalue weighted by Crippen LogP contribution is 2.35. The minimum atomic E-state index is -0.698. The Hall–Kier alpha value is -1.07. The van der Waals surface area contributed by atoms with E-state index in [4.69, 9.17) is 9.47 Å². The van der Waals surface area contributed by atoms with E-state index < -0.39 is 10.8 Å². The van der Waals surface area contributed by atoms with Crippen molar-refractivity contribution in [3.63, 3.8) is 0 Å². The molecule has 1 aliphatic rings. The van der Waals surface area contributed by atoms with E-state index >= 15 is 0 Å². The molecule has 4 nitrogen and oxygen atoms in total. The first-order valence-corrected chi connectivity index (χ1v) is 7.38. The summed E-state index contributed by atoms with van der Waals surface area (Å²) in [5.74, 6) is 2.41. The largest absolute Gasteiger partial charge is 0.454 e. The van der Waals surface area contributed by atoms with Crippen molar-refractivity contribution < 1.29 is 13.7 Å². The van der Waals surface area contributed by atoms with Crippen LogP contribution in [0, 0.1) is 0 Å². The fraction of sp³-hybridized carbons (Fsp3) is 0.500. The molecule has 1 aromatic rings. The maximum absolute atomic E-state index is 10.9. The van der Waals surface area contributed by atoms with Gasteiger partial charge in [-0.25, -0.2) is 0 Å². The molecule has 1 N–H and O–H groups in total. The van der Waals surface area contributed by atoms with Crippen LogP contribution in [0.3, 0.4) is 0 Å². The second-order valence-corrected chi connectivity index (χ2v) is 5.51. The lowest BCUT2D eigenvalue weighted by Gasteiger charge is -2.07. The molecule has 0 saturated heterocycles. The lowest BCUT2D eigenvalue weighted by Crippen LogP contribution is -2.16. The fourth-order valence-corrected chi connectivity index (χ4v) is 2.30. The van der Waals surface area contributed by atoms with Crippen LogP contribution in [0.5, 0.6) is 11.5 Å². The molecule has 0 spiro atoms. The molecule has 0 amide bonds. The number of hydrogen-bond donors (Lipinski definition) is 1. The highest BCUT2D eigenvalue weighted by molar-refractivity contribution is 7.84. The van der Waals surface area contributed by atoms with Gasteiger partial charge in [0.1, 0.15) is 0 Å². The standard InChI is InChI=1S/C12H17NO3S/c1-17(14)7-3-6-13-8-10-4-2-5-11-12(10)16-9-15-11/h2,4-5,13H,3,6-9H2,1H3. The van der Waals surface area contributed by atoms with Gasteiger partial charge in [0.15, 0.2) is 11.5 Å². The topological polar surface area (TPSA) is 47.6 Å². The van der Waals surface area contributed by atoms with Crippen molar-refractivity contribution in [1.82, 2.24) is 5.32 Å². The quantitative estimate of drug-likeness (QED) is 0.778. The number of para-hydroxylation sites is 1. The van der Waals surface area contributed by atoms with Crippen molar-refractivity contribution in [2.45, 2.75) is 13.0 Å². The zero-order valence-corrected chi connectivity index (χ0v) is 10.7. The van der Waals surface area contributed by atoms with E-state index in [1.165, 1.54) is 0 Å². The van der Waals surface area contributed by atoms with Crippen LogP contribution in [0.4, 0.5) is 0 Å². The Morgan fingerprint density at radius 1 is 1.41 bits per heavy atom. The molecular weight excluding hydrogens is 238 g/mol. The summed E-state index contributed by atoms with van der Waals surface area (Å²) in [6, 6.07) is 5.90. The van der Waals surface area contributed by atoms with Crippen LogP contribution in [0.25, 0.3) is 0 Å². The predicted octanol–water partition coefficient (Wildman–Crippen LogP) is 1.27. The Morgan fingerprint density at radius 3 is 3.12 bits per heavy atom. The van der Waals surface area contributed by atoms with Crippen molar-refractivity contribution in [3.05, 3.63) is 23.8 Å². The highest BCUT2D eigenvalue weighted by atomic mass is 32.2. The average Bonchev–Trinajstić information content (AvgIpc) is 2.77. The number of fused-ring (bicyclic) bond motifs is 1. The predicted molar refractivity (Wildman–Crippen MR) is 67.8 cm³/mol. The van der Waals surface area contributed by atoms with Gasteiger partial charge in [0.25, 0.3) is 0 Å². The summed E-state index contributed by atoms with van der Waals surface area (Å²) in [7, 11) is -0.698. The van der Waals surface area contributed by atoms with Crippen LogP contribution in [0.1, 0.15) is 12.0 Å². The molecule has 1 aromatic carbocycles. The van der Waals surface area contributed by atoms with E-state index in [-0.39, 0.29) is 0 Å². The number of ether oxygens (including phenoxy) is 2. The summed E-state index contributed by atoms with van der Waals surface area (Å²) in [4.78, 5) is 0. The highest BCUT2D eigenvalue weighted by Gasteiger charge is 2.16. The molecule has 5 heteroatoms. The Kier molecular flexibility index (Phi) is 4.39. The number of benzene rings is 1. The SMILES string of the molecule is CS(=O)CCCNCc1cccc2c1OCO2. The van der Waals surface area contributed by atoms with Crippen LogP contribution in [0.15, 0.2) is 18.2 Å². The summed E-state index contributed by atoms with van der Waals surface area (Å²) in [6.07, 6.45) is 2.66. The van der Waals surface area contributed by atoms with E-state index in [9.17, 15) is 4.21 Å². The van der Waals surface area contributed by atoms with Crippen LogP contribution in [-0.2, 0) is 17.3 Å². The van der Waals surface area contributed by atoms with Crippen molar-refractivity contribution in [2.75, 3.05) is 25.3 Å². The summed E-state index contributed by atoms with van der Waals surface area (Å²) in [5, 5.41) is 3.32. The molecule has 0 fully saturated rings. The van der Waals surface area contributed by atoms with Crippen molar-refractivity contribution in [3.8, 4) is 11.5 Å². The molecule has 0 aromatic heterocycles. The summed E-state index contributed by atoms with van der Waals surface area (Å²) in [5.41, 5.74) is 1.11. The third kappa shape index (κ3) is 3.44. The molecule has 1 atom stereocenters. The van der Waals surface area contributed by atoms with Gasteiger partial charge in [-0.1, -0.05) is 12.1 Å². The average molecular weight is 255 g/mol. The molecule has 1 heterocycles. The summed E-state index contributed by atoms with van der Waals surface area (Å²) in [6.45, 7) is 1.92. The molecule has 94 valence electrons. The second kappa shape index (κ2) is 6.02. The molecule has 0 radical (unpaired) electrons. The van der Waals surface area contributed by atoms with Gasteiger partial charge >= 0.3 is 0 Å². The molecule has 1 unspecified atom stereocenters. The van der Waals surface area contributed by atoms with E-state index in [1.807, 2.05) is 18.2 Å². The first-order valence-electron chi connectivity index (χ1n) is 5.65. The van der Waals surface area contributed by atoms with E-state index in [2.05, 4.69) is 5.32 Å². The maximum atomic E-state index is 10.9. The lowest BCUT2D eigenvalue weighted by molar-refractivity contribution is 0.173. The maximum Gasteiger partial charge on any atom is 0.231 e. The minimum Gasteiger partial charge on any atom is -0.454 e. The molecular formula is C12H17NO3S. The van der Waals surface area contributed by atoms with E-state index in [0.29, 0.717) is 6.79 Å². The summed E-state index contributed by atoms with van der Waals surface area (Å²) >= 11 is 0. The van der Waals surface area contributed by atoms with Crippen molar-refractivity contribution in [1.29, 1.82) is 0 Å². The van der Waals surface area contributed by atoms with Crippen molar-refractivity contribution in [2.24, 2.45) is 0 Å². The van der Waals surface area contributed by atoms with Crippen LogP contribution >= 0.6 is 0 Å². The van der Waals surface area contributed by atoms with Gasteiger partial charge in [-0.2, -0.15) is 0 Å². The Balaban J connectivity index is 1.80. The molecule has 17 heavy (non-hydrogen) atoms. The third-order valence-corrected chi connectivity index (χ3v) is 3.44. The van der Waals surface area contributed by atoms with Crippen LogP contribution < -0.4 is 14.8 Å². The van der Waals surface area contributed by atoms with E-state index in [1.54, 1.807) is 6.26 Å². The van der Waals surface area contributed by atoms with Gasteiger partial charge in [0.05, 0.1) is 0 Å². The fourth-order valence-electron chi connectivity index (χ4n) is 1.75. The third-order valence-electron chi connectivity index (χ3n) is 2.58. The number of nitrogens with one attached hydrogen (secondary N) is 1. The van der Waals surface area contributed by atoms with E-state index in [0.717, 1.165) is 42.3 Å². The smallest absolute Gasteiger partial charge is 0.231 e. The first-order chi connectivity index (χ1) is 8.27. The zero-order valence-electron chi connectivity index (χ0n) is 9.90. The lowest BCUT2D eigenvalue weighted by atomic mass is 10.2. The molecule has 2 rings (SSSR count). The molecule has 0 bridgehead atoms. The Bertz CT molecular complexity index is 409. The van der Waals surface area contributed by atoms with Crippen LogP contribution in [-0.4, -0.2) is 29.6 Å². The Labute approximate surface area is 104 Å². The van der Waals surface area contributed by atoms with Gasteiger partial charge in [-0.15, -0.1) is 0 Å². The van der Waals surface area contributed by atoms with Crippen molar-refractivity contribution >= 4 is 10.8 Å². The van der Waals surface area contributed by atoms with Crippen LogP contribution in [0.2, 0.25) is 0 Å². The van der Waals surface area contributed by atoms with Gasteiger partial charge in [0, 0.05) is 34.9 Å².